The molecule has 16 heavy (non-hydrogen) atoms. The van der Waals surface area contributed by atoms with Crippen molar-refractivity contribution >= 4 is 17.4 Å². The number of likely N-dealkylation sites (tertiary alicyclic amines) is 1. The second kappa shape index (κ2) is 5.46. The fourth-order valence-electron chi connectivity index (χ4n) is 2.07. The number of ketones is 1. The molecule has 1 aliphatic rings. The van der Waals surface area contributed by atoms with Crippen LogP contribution in [0.2, 0.25) is 5.02 Å². The van der Waals surface area contributed by atoms with Crippen LogP contribution in [0.4, 0.5) is 0 Å². The summed E-state index contributed by atoms with van der Waals surface area (Å²) in [5, 5.41) is 0.632. The lowest BCUT2D eigenvalue weighted by atomic mass is 10.1. The van der Waals surface area contributed by atoms with E-state index in [2.05, 4.69) is 4.90 Å². The molecule has 0 unspecified atom stereocenters. The smallest absolute Gasteiger partial charge is 0.164 e. The summed E-state index contributed by atoms with van der Waals surface area (Å²) in [5.74, 6) is 0.189. The Hall–Kier alpha value is -0.860. The summed E-state index contributed by atoms with van der Waals surface area (Å²) in [7, 11) is 0. The highest BCUT2D eigenvalue weighted by atomic mass is 35.5. The maximum Gasteiger partial charge on any atom is 0.164 e. The van der Waals surface area contributed by atoms with Crippen LogP contribution in [0.15, 0.2) is 24.3 Å². The molecule has 0 amide bonds. The number of rotatable bonds is 4. The molecule has 86 valence electrons. The van der Waals surface area contributed by atoms with E-state index in [1.54, 1.807) is 12.1 Å². The first-order chi connectivity index (χ1) is 7.75. The summed E-state index contributed by atoms with van der Waals surface area (Å²) < 4.78 is 0. The van der Waals surface area contributed by atoms with Crippen molar-refractivity contribution < 1.29 is 4.79 Å². The molecule has 1 saturated heterocycles. The van der Waals surface area contributed by atoms with Crippen molar-refractivity contribution in [3.05, 3.63) is 34.9 Å². The van der Waals surface area contributed by atoms with Crippen molar-refractivity contribution in [3.8, 4) is 0 Å². The molecule has 1 heterocycles. The molecule has 0 radical (unpaired) electrons. The van der Waals surface area contributed by atoms with Crippen LogP contribution in [0.3, 0.4) is 0 Å². The normalized spacial score (nSPS) is 16.6. The summed E-state index contributed by atoms with van der Waals surface area (Å²) >= 11 is 5.85. The van der Waals surface area contributed by atoms with E-state index in [4.69, 9.17) is 11.6 Å². The quantitative estimate of drug-likeness (QED) is 0.751. The Bertz CT molecular complexity index is 372. The highest BCUT2D eigenvalue weighted by Gasteiger charge is 2.13. The highest BCUT2D eigenvalue weighted by Crippen LogP contribution is 2.13. The Morgan fingerprint density at radius 2 is 2.06 bits per heavy atom. The number of halogens is 1. The van der Waals surface area contributed by atoms with E-state index in [1.165, 1.54) is 12.8 Å². The third-order valence-electron chi connectivity index (χ3n) is 3.00. The Morgan fingerprint density at radius 1 is 1.31 bits per heavy atom. The summed E-state index contributed by atoms with van der Waals surface area (Å²) in [5.41, 5.74) is 0.728. The highest BCUT2D eigenvalue weighted by molar-refractivity contribution is 6.31. The van der Waals surface area contributed by atoms with E-state index < -0.39 is 0 Å². The van der Waals surface area contributed by atoms with Gasteiger partial charge < -0.3 is 4.90 Å². The number of nitrogens with zero attached hydrogens (tertiary/aromatic N) is 1. The molecule has 1 aliphatic heterocycles. The summed E-state index contributed by atoms with van der Waals surface area (Å²) in [4.78, 5) is 14.2. The van der Waals surface area contributed by atoms with Crippen molar-refractivity contribution in [3.63, 3.8) is 0 Å². The van der Waals surface area contributed by atoms with Gasteiger partial charge in [0.1, 0.15) is 0 Å². The molecule has 0 aromatic heterocycles. The average Bonchev–Trinajstić information content (AvgIpc) is 2.78. The number of benzene rings is 1. The molecule has 0 atom stereocenters. The van der Waals surface area contributed by atoms with Gasteiger partial charge in [-0.1, -0.05) is 23.7 Å². The van der Waals surface area contributed by atoms with Gasteiger partial charge in [0.15, 0.2) is 5.78 Å². The number of hydrogen-bond acceptors (Lipinski definition) is 2. The monoisotopic (exact) mass is 237 g/mol. The van der Waals surface area contributed by atoms with Crippen molar-refractivity contribution in [2.45, 2.75) is 19.3 Å². The zero-order valence-electron chi connectivity index (χ0n) is 9.29. The Balaban J connectivity index is 1.87. The average molecular weight is 238 g/mol. The van der Waals surface area contributed by atoms with Gasteiger partial charge in [-0.2, -0.15) is 0 Å². The van der Waals surface area contributed by atoms with Crippen LogP contribution in [0.1, 0.15) is 29.6 Å². The topological polar surface area (TPSA) is 20.3 Å². The van der Waals surface area contributed by atoms with Crippen LogP contribution in [0.25, 0.3) is 0 Å². The van der Waals surface area contributed by atoms with Gasteiger partial charge in [-0.3, -0.25) is 4.79 Å². The minimum Gasteiger partial charge on any atom is -0.303 e. The number of carbonyl (C=O) groups excluding carboxylic acids is 1. The zero-order valence-corrected chi connectivity index (χ0v) is 10.0. The molecule has 1 aromatic rings. The number of Topliss-reactive ketones (excluding diaryl/α,β-unsaturated/α-hetero) is 1. The van der Waals surface area contributed by atoms with Gasteiger partial charge in [0.25, 0.3) is 0 Å². The first-order valence-corrected chi connectivity index (χ1v) is 6.14. The number of carbonyl (C=O) groups is 1. The third-order valence-corrected chi connectivity index (χ3v) is 3.24. The fourth-order valence-corrected chi connectivity index (χ4v) is 2.26. The molecular weight excluding hydrogens is 222 g/mol. The molecule has 0 saturated carbocycles. The SMILES string of the molecule is O=C(CCN1CCCC1)c1cccc(Cl)c1. The van der Waals surface area contributed by atoms with Crippen molar-refractivity contribution in [2.75, 3.05) is 19.6 Å². The first-order valence-electron chi connectivity index (χ1n) is 5.77. The summed E-state index contributed by atoms with van der Waals surface area (Å²) in [6.07, 6.45) is 3.14. The minimum atomic E-state index is 0.189. The second-order valence-electron chi connectivity index (χ2n) is 4.23. The largest absolute Gasteiger partial charge is 0.303 e. The van der Waals surface area contributed by atoms with Crippen molar-refractivity contribution in [2.24, 2.45) is 0 Å². The van der Waals surface area contributed by atoms with Gasteiger partial charge in [0.05, 0.1) is 0 Å². The van der Waals surface area contributed by atoms with Gasteiger partial charge in [0, 0.05) is 23.6 Å². The predicted octanol–water partition coefficient (Wildman–Crippen LogP) is 3.01. The van der Waals surface area contributed by atoms with Crippen LogP contribution < -0.4 is 0 Å². The molecule has 1 fully saturated rings. The van der Waals surface area contributed by atoms with E-state index in [0.717, 1.165) is 25.2 Å². The van der Waals surface area contributed by atoms with Gasteiger partial charge in [-0.15, -0.1) is 0 Å². The van der Waals surface area contributed by atoms with Crippen LogP contribution in [-0.4, -0.2) is 30.3 Å². The molecule has 0 spiro atoms. The molecule has 0 bridgehead atoms. The van der Waals surface area contributed by atoms with Gasteiger partial charge in [0.2, 0.25) is 0 Å². The second-order valence-corrected chi connectivity index (χ2v) is 4.67. The van der Waals surface area contributed by atoms with Gasteiger partial charge in [-0.05, 0) is 38.1 Å². The maximum atomic E-state index is 11.9. The van der Waals surface area contributed by atoms with E-state index in [1.807, 2.05) is 12.1 Å². The molecule has 3 heteroatoms. The molecule has 2 nitrogen and oxygen atoms in total. The van der Waals surface area contributed by atoms with E-state index in [0.29, 0.717) is 11.4 Å². The molecule has 1 aromatic carbocycles. The van der Waals surface area contributed by atoms with E-state index in [-0.39, 0.29) is 5.78 Å². The van der Waals surface area contributed by atoms with Gasteiger partial charge in [-0.25, -0.2) is 0 Å². The van der Waals surface area contributed by atoms with Crippen LogP contribution in [0, 0.1) is 0 Å². The Kier molecular flexibility index (Phi) is 3.97. The van der Waals surface area contributed by atoms with Crippen LogP contribution >= 0.6 is 11.6 Å². The lowest BCUT2D eigenvalue weighted by molar-refractivity contribution is 0.0969. The predicted molar refractivity (Wildman–Crippen MR) is 66.1 cm³/mol. The van der Waals surface area contributed by atoms with Crippen LogP contribution in [0.5, 0.6) is 0 Å². The fraction of sp³-hybridized carbons (Fsp3) is 0.462. The molecule has 0 aliphatic carbocycles. The number of hydrogen-bond donors (Lipinski definition) is 0. The summed E-state index contributed by atoms with van der Waals surface area (Å²) in [6, 6.07) is 7.19. The molecular formula is C13H16ClNO. The minimum absolute atomic E-state index is 0.189. The van der Waals surface area contributed by atoms with Crippen molar-refractivity contribution in [1.82, 2.24) is 4.90 Å². The zero-order chi connectivity index (χ0) is 11.4. The lowest BCUT2D eigenvalue weighted by Gasteiger charge is -2.13. The Labute approximate surface area is 101 Å². The first kappa shape index (κ1) is 11.6. The Morgan fingerprint density at radius 3 is 2.75 bits per heavy atom. The molecule has 2 rings (SSSR count). The maximum absolute atomic E-state index is 11.9. The van der Waals surface area contributed by atoms with E-state index >= 15 is 0 Å². The summed E-state index contributed by atoms with van der Waals surface area (Å²) in [6.45, 7) is 3.16. The lowest BCUT2D eigenvalue weighted by Crippen LogP contribution is -2.22. The van der Waals surface area contributed by atoms with Gasteiger partial charge >= 0.3 is 0 Å². The third kappa shape index (κ3) is 3.06. The standard InChI is InChI=1S/C13H16ClNO/c14-12-5-3-4-11(10-12)13(16)6-9-15-7-1-2-8-15/h3-5,10H,1-2,6-9H2. The van der Waals surface area contributed by atoms with E-state index in [9.17, 15) is 4.79 Å². The molecule has 0 N–H and O–H groups in total. The van der Waals surface area contributed by atoms with Crippen molar-refractivity contribution in [1.29, 1.82) is 0 Å². The van der Waals surface area contributed by atoms with Crippen LogP contribution in [-0.2, 0) is 0 Å².